The van der Waals surface area contributed by atoms with Crippen molar-refractivity contribution in [2.75, 3.05) is 6.54 Å². The van der Waals surface area contributed by atoms with Crippen molar-refractivity contribution in [3.63, 3.8) is 0 Å². The van der Waals surface area contributed by atoms with Crippen LogP contribution in [0, 0.1) is 11.6 Å². The number of pyridine rings is 1. The summed E-state index contributed by atoms with van der Waals surface area (Å²) >= 11 is 0. The first-order valence-electron chi connectivity index (χ1n) is 6.94. The lowest BCUT2D eigenvalue weighted by molar-refractivity contribution is 0.188. The second-order valence-electron chi connectivity index (χ2n) is 5.34. The summed E-state index contributed by atoms with van der Waals surface area (Å²) in [5.41, 5.74) is 0.299. The van der Waals surface area contributed by atoms with Crippen LogP contribution in [0.1, 0.15) is 18.0 Å². The van der Waals surface area contributed by atoms with Gasteiger partial charge in [0, 0.05) is 18.9 Å². The Balaban J connectivity index is 2.01. The fourth-order valence-electron chi connectivity index (χ4n) is 2.71. The number of benzene rings is 1. The molecule has 0 radical (unpaired) electrons. The summed E-state index contributed by atoms with van der Waals surface area (Å²) < 4.78 is 53.1. The maximum Gasteiger partial charge on any atom is 0.245 e. The molecule has 1 aromatic heterocycles. The number of nitrogens with zero attached hydrogens (tertiary/aromatic N) is 2. The molecule has 0 aliphatic carbocycles. The van der Waals surface area contributed by atoms with Crippen molar-refractivity contribution in [3.8, 4) is 0 Å². The van der Waals surface area contributed by atoms with Crippen molar-refractivity contribution in [1.29, 1.82) is 0 Å². The first-order valence-corrected chi connectivity index (χ1v) is 8.38. The lowest BCUT2D eigenvalue weighted by atomic mass is 10.0. The highest BCUT2D eigenvalue weighted by Crippen LogP contribution is 2.36. The predicted octanol–water partition coefficient (Wildman–Crippen LogP) is 1.86. The fourth-order valence-corrected chi connectivity index (χ4v) is 4.33. The third-order valence-corrected chi connectivity index (χ3v) is 5.66. The predicted molar refractivity (Wildman–Crippen MR) is 77.9 cm³/mol. The van der Waals surface area contributed by atoms with Gasteiger partial charge in [-0.15, -0.1) is 0 Å². The van der Waals surface area contributed by atoms with Gasteiger partial charge in [-0.2, -0.15) is 4.31 Å². The lowest BCUT2D eigenvalue weighted by Crippen LogP contribution is -2.32. The molecule has 23 heavy (non-hydrogen) atoms. The molecule has 1 aliphatic heterocycles. The minimum absolute atomic E-state index is 0.0123. The Hall–Kier alpha value is -1.90. The Morgan fingerprint density at radius 2 is 2.00 bits per heavy atom. The van der Waals surface area contributed by atoms with E-state index in [1.54, 1.807) is 0 Å². The summed E-state index contributed by atoms with van der Waals surface area (Å²) in [5, 5.41) is 9.88. The topological polar surface area (TPSA) is 70.5 Å². The van der Waals surface area contributed by atoms with Crippen LogP contribution in [0.2, 0.25) is 0 Å². The molecule has 8 heteroatoms. The highest BCUT2D eigenvalue weighted by atomic mass is 32.2. The van der Waals surface area contributed by atoms with Crippen molar-refractivity contribution in [1.82, 2.24) is 9.29 Å². The van der Waals surface area contributed by atoms with Gasteiger partial charge in [-0.25, -0.2) is 17.2 Å². The van der Waals surface area contributed by atoms with Crippen LogP contribution < -0.4 is 0 Å². The first kappa shape index (κ1) is 16.0. The zero-order valence-corrected chi connectivity index (χ0v) is 12.7. The smallest absolute Gasteiger partial charge is 0.245 e. The van der Waals surface area contributed by atoms with Crippen molar-refractivity contribution in [2.45, 2.75) is 23.5 Å². The molecule has 1 aliphatic rings. The summed E-state index contributed by atoms with van der Waals surface area (Å²) in [5.74, 6) is -2.06. The zero-order valence-electron chi connectivity index (χ0n) is 11.9. The van der Waals surface area contributed by atoms with Gasteiger partial charge < -0.3 is 5.11 Å². The van der Waals surface area contributed by atoms with E-state index in [4.69, 9.17) is 0 Å². The van der Waals surface area contributed by atoms with Crippen LogP contribution in [0.5, 0.6) is 0 Å². The zero-order chi connectivity index (χ0) is 16.6. The average Bonchev–Trinajstić information content (AvgIpc) is 2.94. The van der Waals surface area contributed by atoms with E-state index in [9.17, 15) is 22.3 Å². The van der Waals surface area contributed by atoms with E-state index < -0.39 is 33.8 Å². The van der Waals surface area contributed by atoms with Gasteiger partial charge >= 0.3 is 0 Å². The molecule has 0 saturated carbocycles. The summed E-state index contributed by atoms with van der Waals surface area (Å²) in [6.07, 6.45) is 1.90. The monoisotopic (exact) mass is 340 g/mol. The molecule has 2 atom stereocenters. The Labute approximate surface area is 132 Å². The number of β-amino-alcohol motifs (C(OH)–C–C–N with tert-alkyl or cyclic N) is 1. The third-order valence-electron chi connectivity index (χ3n) is 3.80. The van der Waals surface area contributed by atoms with E-state index in [1.807, 2.05) is 0 Å². The molecule has 2 aromatic rings. The van der Waals surface area contributed by atoms with E-state index in [0.717, 1.165) is 16.4 Å². The standard InChI is InChI=1S/C15H14F2N2O3S/c16-13-4-3-10(6-14(13)17)15-7-11(20)9-19(15)23(21,22)12-2-1-5-18-8-12/h1-6,8,11,15,20H,7,9H2/t11-,15-/m0/s1. The van der Waals surface area contributed by atoms with Crippen molar-refractivity contribution in [3.05, 3.63) is 59.9 Å². The van der Waals surface area contributed by atoms with E-state index >= 15 is 0 Å². The Bertz CT molecular complexity index is 815. The second-order valence-corrected chi connectivity index (χ2v) is 7.23. The Morgan fingerprint density at radius 1 is 1.22 bits per heavy atom. The van der Waals surface area contributed by atoms with Crippen LogP contribution in [0.25, 0.3) is 0 Å². The summed E-state index contributed by atoms with van der Waals surface area (Å²) in [6.45, 7) is -0.110. The van der Waals surface area contributed by atoms with Gasteiger partial charge in [-0.3, -0.25) is 4.98 Å². The number of rotatable bonds is 3. The number of aliphatic hydroxyl groups excluding tert-OH is 1. The minimum atomic E-state index is -3.90. The van der Waals surface area contributed by atoms with Crippen LogP contribution in [-0.2, 0) is 10.0 Å². The number of sulfonamides is 1. The maximum absolute atomic E-state index is 13.5. The summed E-state index contributed by atoms with van der Waals surface area (Å²) in [7, 11) is -3.90. The Morgan fingerprint density at radius 3 is 2.65 bits per heavy atom. The van der Waals surface area contributed by atoms with E-state index in [1.165, 1.54) is 30.6 Å². The van der Waals surface area contributed by atoms with Gasteiger partial charge in [0.15, 0.2) is 11.6 Å². The molecule has 3 rings (SSSR count). The first-order chi connectivity index (χ1) is 10.9. The summed E-state index contributed by atoms with van der Waals surface area (Å²) in [4.78, 5) is 3.77. The van der Waals surface area contributed by atoms with Gasteiger partial charge in [0.25, 0.3) is 0 Å². The molecule has 0 spiro atoms. The molecule has 0 unspecified atom stereocenters. The van der Waals surface area contributed by atoms with Gasteiger partial charge in [0.1, 0.15) is 4.90 Å². The number of halogens is 2. The molecule has 122 valence electrons. The van der Waals surface area contributed by atoms with E-state index in [2.05, 4.69) is 4.98 Å². The van der Waals surface area contributed by atoms with E-state index in [-0.39, 0.29) is 17.9 Å². The Kier molecular flexibility index (Phi) is 4.13. The van der Waals surface area contributed by atoms with Crippen molar-refractivity contribution in [2.24, 2.45) is 0 Å². The third kappa shape index (κ3) is 2.97. The molecule has 1 saturated heterocycles. The molecular formula is C15H14F2N2O3S. The molecule has 5 nitrogen and oxygen atoms in total. The second kappa shape index (κ2) is 5.95. The highest BCUT2D eigenvalue weighted by Gasteiger charge is 2.40. The molecule has 1 fully saturated rings. The number of aromatic nitrogens is 1. The molecule has 1 aromatic carbocycles. The van der Waals surface area contributed by atoms with Gasteiger partial charge in [-0.05, 0) is 36.2 Å². The minimum Gasteiger partial charge on any atom is -0.392 e. The van der Waals surface area contributed by atoms with Crippen molar-refractivity contribution < 1.29 is 22.3 Å². The van der Waals surface area contributed by atoms with Gasteiger partial charge in [0.05, 0.1) is 12.1 Å². The normalized spacial score (nSPS) is 22.4. The van der Waals surface area contributed by atoms with Crippen LogP contribution in [0.4, 0.5) is 8.78 Å². The highest BCUT2D eigenvalue weighted by molar-refractivity contribution is 7.89. The van der Waals surface area contributed by atoms with Crippen LogP contribution in [0.15, 0.2) is 47.6 Å². The largest absolute Gasteiger partial charge is 0.392 e. The van der Waals surface area contributed by atoms with Crippen LogP contribution >= 0.6 is 0 Å². The number of hydrogen-bond acceptors (Lipinski definition) is 4. The molecule has 0 amide bonds. The lowest BCUT2D eigenvalue weighted by Gasteiger charge is -2.24. The van der Waals surface area contributed by atoms with Crippen LogP contribution in [-0.4, -0.2) is 35.5 Å². The van der Waals surface area contributed by atoms with E-state index in [0.29, 0.717) is 5.56 Å². The number of hydrogen-bond donors (Lipinski definition) is 1. The fraction of sp³-hybridized carbons (Fsp3) is 0.267. The average molecular weight is 340 g/mol. The SMILES string of the molecule is O=S(=O)(c1cccnc1)N1C[C@@H](O)C[C@H]1c1ccc(F)c(F)c1. The van der Waals surface area contributed by atoms with Gasteiger partial charge in [-0.1, -0.05) is 6.07 Å². The van der Waals surface area contributed by atoms with Crippen molar-refractivity contribution >= 4 is 10.0 Å². The maximum atomic E-state index is 13.5. The quantitative estimate of drug-likeness (QED) is 0.926. The number of aliphatic hydroxyl groups is 1. The van der Waals surface area contributed by atoms with Crippen LogP contribution in [0.3, 0.4) is 0 Å². The summed E-state index contributed by atoms with van der Waals surface area (Å²) in [6, 6.07) is 5.37. The molecule has 0 bridgehead atoms. The molecule has 2 heterocycles. The van der Waals surface area contributed by atoms with Gasteiger partial charge in [0.2, 0.25) is 10.0 Å². The molecular weight excluding hydrogens is 326 g/mol. The molecule has 1 N–H and O–H groups in total.